The lowest BCUT2D eigenvalue weighted by molar-refractivity contribution is 0.129. The predicted molar refractivity (Wildman–Crippen MR) is 131 cm³/mol. The minimum atomic E-state index is 0. The Morgan fingerprint density at radius 1 is 1.24 bits per heavy atom. The number of fused-ring (bicyclic) bond motifs is 1. The topological polar surface area (TPSA) is 63.5 Å². The van der Waals surface area contributed by atoms with Crippen molar-refractivity contribution in [1.29, 1.82) is 0 Å². The molecule has 0 bridgehead atoms. The Morgan fingerprint density at radius 3 is 2.76 bits per heavy atom. The van der Waals surface area contributed by atoms with Crippen LogP contribution in [-0.4, -0.2) is 48.4 Å². The van der Waals surface area contributed by atoms with Crippen molar-refractivity contribution in [3.05, 3.63) is 30.1 Å². The maximum Gasteiger partial charge on any atom is 0.191 e. The Balaban J connectivity index is 0.00000300. The summed E-state index contributed by atoms with van der Waals surface area (Å²) in [6.07, 6.45) is 4.70. The van der Waals surface area contributed by atoms with Gasteiger partial charge in [-0.2, -0.15) is 0 Å². The van der Waals surface area contributed by atoms with E-state index in [-0.39, 0.29) is 24.0 Å². The maximum absolute atomic E-state index is 5.53. The maximum atomic E-state index is 5.53. The van der Waals surface area contributed by atoms with E-state index in [9.17, 15) is 0 Å². The average molecular weight is 513 g/mol. The van der Waals surface area contributed by atoms with Crippen LogP contribution >= 0.6 is 24.0 Å². The van der Waals surface area contributed by atoms with Crippen LogP contribution in [0.25, 0.3) is 11.0 Å². The summed E-state index contributed by atoms with van der Waals surface area (Å²) in [5.74, 6) is 2.00. The highest BCUT2D eigenvalue weighted by atomic mass is 127. The summed E-state index contributed by atoms with van der Waals surface area (Å²) in [5, 5.41) is 6.87. The van der Waals surface area contributed by atoms with E-state index in [2.05, 4.69) is 59.2 Å². The second-order valence-corrected chi connectivity index (χ2v) is 7.72. The largest absolute Gasteiger partial charge is 0.382 e. The van der Waals surface area contributed by atoms with Gasteiger partial charge in [-0.15, -0.1) is 24.0 Å². The lowest BCUT2D eigenvalue weighted by atomic mass is 10.0. The molecule has 0 amide bonds. The number of imidazole rings is 1. The van der Waals surface area contributed by atoms with Crippen molar-refractivity contribution in [2.24, 2.45) is 10.4 Å². The standard InChI is InChI=1S/C22H35N5O.HI/c1-4-23-21(25-17-22(11-12-22)13-16-28-5-2)24-14-8-15-27-18(3)26-19-9-6-7-10-20(19)27;/h6-7,9-10H,4-5,8,11-17H2,1-3H3,(H2,23,24,25);1H. The Hall–Kier alpha value is -1.35. The molecule has 0 atom stereocenters. The highest BCUT2D eigenvalue weighted by Gasteiger charge is 2.41. The number of ether oxygens (including phenoxy) is 1. The first-order chi connectivity index (χ1) is 13.7. The van der Waals surface area contributed by atoms with Crippen LogP contribution in [0.15, 0.2) is 29.3 Å². The number of halogens is 1. The normalized spacial score (nSPS) is 15.2. The second-order valence-electron chi connectivity index (χ2n) is 7.72. The number of guanidine groups is 1. The molecule has 1 heterocycles. The fourth-order valence-corrected chi connectivity index (χ4v) is 3.61. The molecule has 1 fully saturated rings. The molecular formula is C22H36IN5O. The molecule has 1 aliphatic rings. The molecule has 3 rings (SSSR count). The summed E-state index contributed by atoms with van der Waals surface area (Å²) in [6, 6.07) is 8.34. The van der Waals surface area contributed by atoms with Gasteiger partial charge in [0.2, 0.25) is 0 Å². The Kier molecular flexibility index (Phi) is 9.68. The van der Waals surface area contributed by atoms with Crippen molar-refractivity contribution >= 4 is 41.0 Å². The fourth-order valence-electron chi connectivity index (χ4n) is 3.61. The van der Waals surface area contributed by atoms with Crippen molar-refractivity contribution in [3.63, 3.8) is 0 Å². The summed E-state index contributed by atoms with van der Waals surface area (Å²) >= 11 is 0. The zero-order valence-corrected chi connectivity index (χ0v) is 20.4. The van der Waals surface area contributed by atoms with E-state index in [4.69, 9.17) is 9.73 Å². The van der Waals surface area contributed by atoms with Crippen LogP contribution in [0.2, 0.25) is 0 Å². The molecule has 0 spiro atoms. The van der Waals surface area contributed by atoms with Crippen LogP contribution in [0.1, 0.15) is 45.4 Å². The second kappa shape index (κ2) is 11.7. The van der Waals surface area contributed by atoms with E-state index >= 15 is 0 Å². The van der Waals surface area contributed by atoms with Gasteiger partial charge in [0.25, 0.3) is 0 Å². The quantitative estimate of drug-likeness (QED) is 0.206. The van der Waals surface area contributed by atoms with Gasteiger partial charge in [-0.3, -0.25) is 4.99 Å². The van der Waals surface area contributed by atoms with Crippen molar-refractivity contribution in [3.8, 4) is 0 Å². The minimum Gasteiger partial charge on any atom is -0.382 e. The van der Waals surface area contributed by atoms with Gasteiger partial charge in [-0.25, -0.2) is 4.98 Å². The Labute approximate surface area is 191 Å². The monoisotopic (exact) mass is 513 g/mol. The third-order valence-electron chi connectivity index (χ3n) is 5.55. The van der Waals surface area contributed by atoms with Gasteiger partial charge in [0.05, 0.1) is 11.0 Å². The predicted octanol–water partition coefficient (Wildman–Crippen LogP) is 4.11. The van der Waals surface area contributed by atoms with E-state index in [1.165, 1.54) is 18.4 Å². The molecule has 7 heteroatoms. The Bertz CT molecular complexity index is 785. The highest BCUT2D eigenvalue weighted by molar-refractivity contribution is 14.0. The van der Waals surface area contributed by atoms with Gasteiger partial charge in [0.15, 0.2) is 5.96 Å². The van der Waals surface area contributed by atoms with Gasteiger partial charge in [0.1, 0.15) is 5.82 Å². The first-order valence-electron chi connectivity index (χ1n) is 10.7. The summed E-state index contributed by atoms with van der Waals surface area (Å²) in [6.45, 7) is 11.5. The molecule has 0 unspecified atom stereocenters. The number of aromatic nitrogens is 2. The number of hydrogen-bond donors (Lipinski definition) is 2. The van der Waals surface area contributed by atoms with Crippen LogP contribution in [0.5, 0.6) is 0 Å². The van der Waals surface area contributed by atoms with Gasteiger partial charge in [-0.1, -0.05) is 12.1 Å². The van der Waals surface area contributed by atoms with Crippen LogP contribution in [0.3, 0.4) is 0 Å². The number of benzene rings is 1. The summed E-state index contributed by atoms with van der Waals surface area (Å²) < 4.78 is 7.83. The van der Waals surface area contributed by atoms with Crippen molar-refractivity contribution < 1.29 is 4.74 Å². The average Bonchev–Trinajstić information content (AvgIpc) is 3.39. The van der Waals surface area contributed by atoms with Crippen LogP contribution in [0.4, 0.5) is 0 Å². The lowest BCUT2D eigenvalue weighted by Gasteiger charge is -2.15. The number of aryl methyl sites for hydroxylation is 2. The summed E-state index contributed by atoms with van der Waals surface area (Å²) in [7, 11) is 0. The minimum absolute atomic E-state index is 0. The van der Waals surface area contributed by atoms with Gasteiger partial charge < -0.3 is 19.9 Å². The molecule has 29 heavy (non-hydrogen) atoms. The fraction of sp³-hybridized carbons (Fsp3) is 0.636. The molecule has 2 N–H and O–H groups in total. The molecule has 1 saturated carbocycles. The van der Waals surface area contributed by atoms with Crippen molar-refractivity contribution in [2.45, 2.75) is 53.0 Å². The molecular weight excluding hydrogens is 477 g/mol. The Morgan fingerprint density at radius 2 is 2.03 bits per heavy atom. The SMILES string of the molecule is CCNC(=NCC1(CCOCC)CC1)NCCCn1c(C)nc2ccccc21.I. The summed E-state index contributed by atoms with van der Waals surface area (Å²) in [5.41, 5.74) is 2.67. The zero-order valence-electron chi connectivity index (χ0n) is 18.0. The van der Waals surface area contributed by atoms with E-state index in [1.807, 2.05) is 6.07 Å². The molecule has 1 aromatic heterocycles. The van der Waals surface area contributed by atoms with Gasteiger partial charge in [0, 0.05) is 39.4 Å². The van der Waals surface area contributed by atoms with Crippen LogP contribution in [-0.2, 0) is 11.3 Å². The third-order valence-corrected chi connectivity index (χ3v) is 5.55. The van der Waals surface area contributed by atoms with E-state index in [1.54, 1.807) is 0 Å². The number of rotatable bonds is 11. The van der Waals surface area contributed by atoms with E-state index in [0.29, 0.717) is 5.41 Å². The highest BCUT2D eigenvalue weighted by Crippen LogP contribution is 2.48. The molecule has 0 saturated heterocycles. The molecule has 0 radical (unpaired) electrons. The number of aliphatic imine (C=N–C) groups is 1. The zero-order chi connectivity index (χ0) is 19.8. The van der Waals surface area contributed by atoms with Gasteiger partial charge >= 0.3 is 0 Å². The third kappa shape index (κ3) is 6.84. The molecule has 1 aromatic carbocycles. The number of nitrogens with one attached hydrogen (secondary N) is 2. The lowest BCUT2D eigenvalue weighted by Crippen LogP contribution is -2.38. The van der Waals surface area contributed by atoms with E-state index < -0.39 is 0 Å². The van der Waals surface area contributed by atoms with Crippen molar-refractivity contribution in [1.82, 2.24) is 20.2 Å². The molecule has 6 nitrogen and oxygen atoms in total. The van der Waals surface area contributed by atoms with Gasteiger partial charge in [-0.05, 0) is 64.0 Å². The molecule has 1 aliphatic carbocycles. The molecule has 0 aliphatic heterocycles. The van der Waals surface area contributed by atoms with Crippen molar-refractivity contribution in [2.75, 3.05) is 32.8 Å². The van der Waals surface area contributed by atoms with E-state index in [0.717, 1.165) is 69.5 Å². The molecule has 162 valence electrons. The molecule has 2 aromatic rings. The smallest absolute Gasteiger partial charge is 0.191 e. The summed E-state index contributed by atoms with van der Waals surface area (Å²) in [4.78, 5) is 9.49. The van der Waals surface area contributed by atoms with Crippen LogP contribution < -0.4 is 10.6 Å². The first-order valence-corrected chi connectivity index (χ1v) is 10.7. The first kappa shape index (κ1) is 23.9. The number of hydrogen-bond acceptors (Lipinski definition) is 3. The number of para-hydroxylation sites is 2. The number of nitrogens with zero attached hydrogens (tertiary/aromatic N) is 3. The van der Waals surface area contributed by atoms with Crippen LogP contribution in [0, 0.1) is 12.3 Å².